The van der Waals surface area contributed by atoms with Gasteiger partial charge in [-0.05, 0) is 42.8 Å². The van der Waals surface area contributed by atoms with Crippen molar-refractivity contribution in [3.63, 3.8) is 0 Å². The van der Waals surface area contributed by atoms with Crippen LogP contribution >= 0.6 is 0 Å². The van der Waals surface area contributed by atoms with E-state index >= 15 is 0 Å². The highest BCUT2D eigenvalue weighted by Gasteiger charge is 2.18. The molecule has 3 aromatic rings. The van der Waals surface area contributed by atoms with E-state index in [1.54, 1.807) is 42.7 Å². The number of aromatic hydroxyl groups is 1. The second-order valence-electron chi connectivity index (χ2n) is 4.86. The molecule has 110 valence electrons. The molecule has 0 amide bonds. The monoisotopic (exact) mass is 295 g/mol. The van der Waals surface area contributed by atoms with Gasteiger partial charge in [0.05, 0.1) is 5.69 Å². The summed E-state index contributed by atoms with van der Waals surface area (Å²) in [4.78, 5) is 15.4. The lowest BCUT2D eigenvalue weighted by Crippen LogP contribution is -2.08. The molecule has 22 heavy (non-hydrogen) atoms. The number of phenolic OH excluding ortho intramolecular Hbond substituents is 1. The first-order valence-corrected chi connectivity index (χ1v) is 6.60. The van der Waals surface area contributed by atoms with Crippen molar-refractivity contribution in [3.05, 3.63) is 60.0 Å². The van der Waals surface area contributed by atoms with Gasteiger partial charge in [-0.2, -0.15) is 5.10 Å². The molecule has 0 unspecified atom stereocenters. The Kier molecular flexibility index (Phi) is 3.34. The molecule has 0 saturated heterocycles. The van der Waals surface area contributed by atoms with Crippen molar-refractivity contribution in [1.82, 2.24) is 14.8 Å². The van der Waals surface area contributed by atoms with Gasteiger partial charge in [-0.1, -0.05) is 6.07 Å². The van der Waals surface area contributed by atoms with E-state index in [-0.39, 0.29) is 11.4 Å². The van der Waals surface area contributed by atoms with Crippen LogP contribution in [0.25, 0.3) is 16.9 Å². The topological polar surface area (TPSA) is 88.2 Å². The largest absolute Gasteiger partial charge is 0.506 e. The fourth-order valence-electron chi connectivity index (χ4n) is 2.19. The number of carboxylic acid groups (broad SMARTS) is 1. The number of aromatic carboxylic acids is 1. The Bertz CT molecular complexity index is 841. The van der Waals surface area contributed by atoms with Crippen LogP contribution in [0.1, 0.15) is 16.1 Å². The van der Waals surface area contributed by atoms with Crippen LogP contribution in [0, 0.1) is 6.92 Å². The van der Waals surface area contributed by atoms with E-state index in [9.17, 15) is 15.0 Å². The van der Waals surface area contributed by atoms with Crippen molar-refractivity contribution in [2.24, 2.45) is 0 Å². The van der Waals surface area contributed by atoms with E-state index in [2.05, 4.69) is 10.1 Å². The normalized spacial score (nSPS) is 10.6. The Morgan fingerprint density at radius 2 is 1.86 bits per heavy atom. The molecular weight excluding hydrogens is 282 g/mol. The minimum absolute atomic E-state index is 0.0214. The van der Waals surface area contributed by atoms with Gasteiger partial charge in [0.2, 0.25) is 0 Å². The summed E-state index contributed by atoms with van der Waals surface area (Å²) in [6.07, 6.45) is 3.22. The molecule has 0 aliphatic carbocycles. The first-order chi connectivity index (χ1) is 10.6. The highest BCUT2D eigenvalue weighted by Crippen LogP contribution is 2.27. The van der Waals surface area contributed by atoms with Gasteiger partial charge in [-0.25, -0.2) is 9.48 Å². The number of phenols is 1. The number of nitrogens with zero attached hydrogens (tertiary/aromatic N) is 3. The Morgan fingerprint density at radius 1 is 1.14 bits per heavy atom. The average Bonchev–Trinajstić information content (AvgIpc) is 2.93. The second-order valence-corrected chi connectivity index (χ2v) is 4.86. The Labute approximate surface area is 126 Å². The fraction of sp³-hybridized carbons (Fsp3) is 0.0625. The van der Waals surface area contributed by atoms with E-state index in [4.69, 9.17) is 0 Å². The average molecular weight is 295 g/mol. The fourth-order valence-corrected chi connectivity index (χ4v) is 2.19. The molecule has 0 spiro atoms. The molecule has 2 N–H and O–H groups in total. The van der Waals surface area contributed by atoms with E-state index in [1.807, 2.05) is 6.92 Å². The van der Waals surface area contributed by atoms with Gasteiger partial charge in [0.25, 0.3) is 0 Å². The number of aromatic nitrogens is 3. The zero-order valence-corrected chi connectivity index (χ0v) is 11.8. The molecule has 0 aliphatic rings. The number of carboxylic acids is 1. The summed E-state index contributed by atoms with van der Waals surface area (Å²) < 4.78 is 1.23. The molecule has 0 aliphatic heterocycles. The summed E-state index contributed by atoms with van der Waals surface area (Å²) in [5.41, 5.74) is 2.43. The number of carbonyl (C=O) groups is 1. The van der Waals surface area contributed by atoms with Crippen molar-refractivity contribution in [2.75, 3.05) is 0 Å². The highest BCUT2D eigenvalue weighted by atomic mass is 16.4. The van der Waals surface area contributed by atoms with E-state index in [0.717, 1.165) is 11.1 Å². The van der Waals surface area contributed by atoms with Crippen LogP contribution in [0.2, 0.25) is 0 Å². The summed E-state index contributed by atoms with van der Waals surface area (Å²) in [5.74, 6) is -1.14. The van der Waals surface area contributed by atoms with Gasteiger partial charge < -0.3 is 10.2 Å². The number of hydrogen-bond acceptors (Lipinski definition) is 4. The Morgan fingerprint density at radius 3 is 2.50 bits per heavy atom. The van der Waals surface area contributed by atoms with Crippen LogP contribution in [0.5, 0.6) is 5.75 Å². The van der Waals surface area contributed by atoms with Crippen molar-refractivity contribution in [2.45, 2.75) is 6.92 Å². The first-order valence-electron chi connectivity index (χ1n) is 6.60. The lowest BCUT2D eigenvalue weighted by molar-refractivity contribution is 0.0687. The lowest BCUT2D eigenvalue weighted by Gasteiger charge is -2.07. The summed E-state index contributed by atoms with van der Waals surface area (Å²) in [5, 5.41) is 23.8. The molecule has 3 rings (SSSR count). The minimum atomic E-state index is -1.12. The van der Waals surface area contributed by atoms with Crippen LogP contribution in [0.15, 0.2) is 48.8 Å². The van der Waals surface area contributed by atoms with E-state index in [1.165, 1.54) is 10.7 Å². The van der Waals surface area contributed by atoms with Gasteiger partial charge in [-0.15, -0.1) is 0 Å². The number of pyridine rings is 1. The molecule has 6 heteroatoms. The molecule has 0 saturated carbocycles. The van der Waals surface area contributed by atoms with Crippen LogP contribution in [0.3, 0.4) is 0 Å². The van der Waals surface area contributed by atoms with Gasteiger partial charge in [0.1, 0.15) is 11.4 Å². The SMILES string of the molecule is Cc1ccc(-n2nc(-c3ccncc3)cc2C(=O)O)c(O)c1. The smallest absolute Gasteiger partial charge is 0.354 e. The molecule has 0 fully saturated rings. The summed E-state index contributed by atoms with van der Waals surface area (Å²) in [7, 11) is 0. The molecule has 0 bridgehead atoms. The third-order valence-corrected chi connectivity index (χ3v) is 3.26. The summed E-state index contributed by atoms with van der Waals surface area (Å²) in [6.45, 7) is 1.84. The Balaban J connectivity index is 2.18. The predicted octanol–water partition coefficient (Wildman–Crippen LogP) is 2.65. The number of aryl methyl sites for hydroxylation is 1. The maximum Gasteiger partial charge on any atom is 0.354 e. The van der Waals surface area contributed by atoms with Crippen LogP contribution in [0.4, 0.5) is 0 Å². The zero-order valence-electron chi connectivity index (χ0n) is 11.8. The summed E-state index contributed by atoms with van der Waals surface area (Å²) in [6, 6.07) is 9.95. The van der Waals surface area contributed by atoms with Gasteiger partial charge >= 0.3 is 5.97 Å². The molecule has 1 aromatic carbocycles. The van der Waals surface area contributed by atoms with E-state index < -0.39 is 5.97 Å². The first kappa shape index (κ1) is 13.8. The molecule has 2 heterocycles. The zero-order chi connectivity index (χ0) is 15.7. The third kappa shape index (κ3) is 2.42. The van der Waals surface area contributed by atoms with Crippen molar-refractivity contribution < 1.29 is 15.0 Å². The minimum Gasteiger partial charge on any atom is -0.506 e. The molecule has 2 aromatic heterocycles. The van der Waals surface area contributed by atoms with Crippen molar-refractivity contribution in [3.8, 4) is 22.7 Å². The maximum atomic E-state index is 11.5. The lowest BCUT2D eigenvalue weighted by atomic mass is 10.2. The van der Waals surface area contributed by atoms with Crippen molar-refractivity contribution in [1.29, 1.82) is 0 Å². The third-order valence-electron chi connectivity index (χ3n) is 3.26. The molecule has 6 nitrogen and oxygen atoms in total. The standard InChI is InChI=1S/C16H13N3O3/c1-10-2-3-13(15(20)8-10)19-14(16(21)22)9-12(18-19)11-4-6-17-7-5-11/h2-9,20H,1H3,(H,21,22). The van der Waals surface area contributed by atoms with E-state index in [0.29, 0.717) is 11.4 Å². The molecule has 0 atom stereocenters. The van der Waals surface area contributed by atoms with Crippen LogP contribution < -0.4 is 0 Å². The number of rotatable bonds is 3. The van der Waals surface area contributed by atoms with Gasteiger partial charge in [-0.3, -0.25) is 4.98 Å². The van der Waals surface area contributed by atoms with Gasteiger partial charge in [0, 0.05) is 18.0 Å². The Hall–Kier alpha value is -3.15. The number of benzene rings is 1. The maximum absolute atomic E-state index is 11.5. The predicted molar refractivity (Wildman–Crippen MR) is 80.2 cm³/mol. The van der Waals surface area contributed by atoms with Crippen molar-refractivity contribution >= 4 is 5.97 Å². The number of hydrogen-bond donors (Lipinski definition) is 2. The highest BCUT2D eigenvalue weighted by molar-refractivity contribution is 5.88. The van der Waals surface area contributed by atoms with Crippen LogP contribution in [-0.2, 0) is 0 Å². The molecular formula is C16H13N3O3. The van der Waals surface area contributed by atoms with Crippen LogP contribution in [-0.4, -0.2) is 30.9 Å². The molecule has 0 radical (unpaired) electrons. The quantitative estimate of drug-likeness (QED) is 0.775. The van der Waals surface area contributed by atoms with Gasteiger partial charge in [0.15, 0.2) is 5.69 Å². The summed E-state index contributed by atoms with van der Waals surface area (Å²) >= 11 is 0. The second kappa shape index (κ2) is 5.33.